The number of urea groups is 1. The van der Waals surface area contributed by atoms with Crippen LogP contribution in [0.2, 0.25) is 10.0 Å². The number of hydrogen-bond acceptors (Lipinski definition) is 3. The largest absolute Gasteiger partial charge is 0.350 e. The molecular weight excluding hydrogens is 415 g/mol. The van der Waals surface area contributed by atoms with E-state index in [0.29, 0.717) is 33.4 Å². The molecule has 0 heterocycles. The Bertz CT molecular complexity index is 919. The van der Waals surface area contributed by atoms with Gasteiger partial charge in [0.15, 0.2) is 0 Å². The summed E-state index contributed by atoms with van der Waals surface area (Å²) < 4.78 is 0. The van der Waals surface area contributed by atoms with Gasteiger partial charge in [0.05, 0.1) is 10.0 Å². The first-order valence-electron chi connectivity index (χ1n) is 8.98. The van der Waals surface area contributed by atoms with E-state index in [-0.39, 0.29) is 24.9 Å². The first kappa shape index (κ1) is 22.5. The molecule has 4 amide bonds. The van der Waals surface area contributed by atoms with Crippen LogP contribution in [0.5, 0.6) is 0 Å². The number of anilines is 2. The monoisotopic (exact) mass is 436 g/mol. The smallest absolute Gasteiger partial charge is 0.319 e. The molecule has 29 heavy (non-hydrogen) atoms. The minimum absolute atomic E-state index is 0.109. The summed E-state index contributed by atoms with van der Waals surface area (Å²) in [6.07, 6.45) is 0.366. The molecule has 154 valence electrons. The highest BCUT2D eigenvalue weighted by Gasteiger charge is 2.09. The van der Waals surface area contributed by atoms with E-state index in [1.807, 2.05) is 6.92 Å². The maximum atomic E-state index is 12.1. The Kier molecular flexibility index (Phi) is 8.30. The van der Waals surface area contributed by atoms with Crippen LogP contribution < -0.4 is 21.3 Å². The van der Waals surface area contributed by atoms with Gasteiger partial charge in [0.2, 0.25) is 5.91 Å². The van der Waals surface area contributed by atoms with Crippen LogP contribution in [0.3, 0.4) is 0 Å². The molecule has 2 aromatic carbocycles. The van der Waals surface area contributed by atoms with Gasteiger partial charge in [-0.1, -0.05) is 36.2 Å². The Morgan fingerprint density at radius 2 is 1.62 bits per heavy atom. The maximum Gasteiger partial charge on any atom is 0.319 e. The van der Waals surface area contributed by atoms with Crippen molar-refractivity contribution in [3.8, 4) is 0 Å². The molecular formula is C20H22Cl2N4O3. The molecule has 4 N–H and O–H groups in total. The molecule has 0 saturated carbocycles. The van der Waals surface area contributed by atoms with Crippen LogP contribution in [0.1, 0.15) is 29.3 Å². The Morgan fingerprint density at radius 1 is 0.897 bits per heavy atom. The number of nitrogens with one attached hydrogen (secondary N) is 4. The lowest BCUT2D eigenvalue weighted by Gasteiger charge is -2.12. The van der Waals surface area contributed by atoms with Crippen LogP contribution in [0, 0.1) is 6.92 Å². The Balaban J connectivity index is 1.81. The molecule has 0 unspecified atom stereocenters. The maximum absolute atomic E-state index is 12.1. The Morgan fingerprint density at radius 3 is 2.31 bits per heavy atom. The van der Waals surface area contributed by atoms with Gasteiger partial charge in [-0.3, -0.25) is 9.59 Å². The molecule has 0 fully saturated rings. The Hall–Kier alpha value is -2.77. The second-order valence-corrected chi connectivity index (χ2v) is 7.01. The molecule has 2 aromatic rings. The fraction of sp³-hybridized carbons (Fsp3) is 0.250. The summed E-state index contributed by atoms with van der Waals surface area (Å²) >= 11 is 11.7. The average molecular weight is 437 g/mol. The van der Waals surface area contributed by atoms with E-state index in [1.165, 1.54) is 6.07 Å². The molecule has 0 aliphatic rings. The Labute approximate surface area is 179 Å². The molecule has 0 aromatic heterocycles. The quantitative estimate of drug-likeness (QED) is 0.489. The molecule has 7 nitrogen and oxygen atoms in total. The molecule has 0 radical (unpaired) electrons. The summed E-state index contributed by atoms with van der Waals surface area (Å²) in [7, 11) is 0. The third-order valence-corrected chi connectivity index (χ3v) is 4.71. The van der Waals surface area contributed by atoms with Crippen molar-refractivity contribution in [3.05, 3.63) is 57.6 Å². The number of carbonyl (C=O) groups excluding carboxylic acids is 3. The zero-order valence-corrected chi connectivity index (χ0v) is 17.6. The lowest BCUT2D eigenvalue weighted by atomic mass is 10.2. The van der Waals surface area contributed by atoms with E-state index in [0.717, 1.165) is 5.56 Å². The number of carbonyl (C=O) groups is 3. The highest BCUT2D eigenvalue weighted by molar-refractivity contribution is 6.42. The molecule has 0 spiro atoms. The van der Waals surface area contributed by atoms with E-state index in [1.54, 1.807) is 37.3 Å². The highest BCUT2D eigenvalue weighted by atomic mass is 35.5. The first-order chi connectivity index (χ1) is 13.8. The summed E-state index contributed by atoms with van der Waals surface area (Å²) in [5.74, 6) is -0.428. The van der Waals surface area contributed by atoms with Gasteiger partial charge in [-0.15, -0.1) is 0 Å². The third kappa shape index (κ3) is 6.96. The number of benzene rings is 2. The van der Waals surface area contributed by atoms with Gasteiger partial charge in [-0.2, -0.15) is 0 Å². The first-order valence-corrected chi connectivity index (χ1v) is 9.74. The summed E-state index contributed by atoms with van der Waals surface area (Å²) in [6, 6.07) is 9.43. The fourth-order valence-corrected chi connectivity index (χ4v) is 2.64. The molecule has 0 bridgehead atoms. The van der Waals surface area contributed by atoms with Crippen molar-refractivity contribution < 1.29 is 14.4 Å². The molecule has 0 aliphatic carbocycles. The number of hydrogen-bond donors (Lipinski definition) is 4. The lowest BCUT2D eigenvalue weighted by molar-refractivity contribution is -0.115. The van der Waals surface area contributed by atoms with E-state index in [9.17, 15) is 14.4 Å². The van der Waals surface area contributed by atoms with Crippen molar-refractivity contribution >= 4 is 52.4 Å². The number of rotatable bonds is 7. The highest BCUT2D eigenvalue weighted by Crippen LogP contribution is 2.22. The van der Waals surface area contributed by atoms with Gasteiger partial charge in [0, 0.05) is 36.4 Å². The van der Waals surface area contributed by atoms with Crippen LogP contribution >= 0.6 is 23.2 Å². The standard InChI is InChI=1S/C20H22Cl2N4O3/c1-3-18(27)25-14-6-4-12(2)17(11-14)26-20(29)24-9-8-23-19(28)13-5-7-15(21)16(22)10-13/h4-7,10-11H,3,8-9H2,1-2H3,(H,23,28)(H,25,27)(H2,24,26,29). The van der Waals surface area contributed by atoms with Gasteiger partial charge in [0.25, 0.3) is 5.91 Å². The lowest BCUT2D eigenvalue weighted by Crippen LogP contribution is -2.36. The van der Waals surface area contributed by atoms with Gasteiger partial charge in [0.1, 0.15) is 0 Å². The summed E-state index contributed by atoms with van der Waals surface area (Å²) in [5.41, 5.74) is 2.41. The van der Waals surface area contributed by atoms with Crippen LogP contribution in [-0.2, 0) is 4.79 Å². The molecule has 0 saturated heterocycles. The second kappa shape index (κ2) is 10.7. The van der Waals surface area contributed by atoms with Crippen molar-refractivity contribution in [3.63, 3.8) is 0 Å². The predicted octanol–water partition coefficient (Wildman–Crippen LogP) is 4.20. The van der Waals surface area contributed by atoms with Crippen LogP contribution in [0.15, 0.2) is 36.4 Å². The second-order valence-electron chi connectivity index (χ2n) is 6.20. The van der Waals surface area contributed by atoms with Crippen molar-refractivity contribution in [2.75, 3.05) is 23.7 Å². The minimum atomic E-state index is -0.421. The fourth-order valence-electron chi connectivity index (χ4n) is 2.34. The summed E-state index contributed by atoms with van der Waals surface area (Å²) in [4.78, 5) is 35.7. The molecule has 2 rings (SSSR count). The van der Waals surface area contributed by atoms with E-state index < -0.39 is 6.03 Å². The predicted molar refractivity (Wildman–Crippen MR) is 116 cm³/mol. The van der Waals surface area contributed by atoms with Gasteiger partial charge >= 0.3 is 6.03 Å². The molecule has 0 atom stereocenters. The summed E-state index contributed by atoms with van der Waals surface area (Å²) in [5, 5.41) is 11.5. The topological polar surface area (TPSA) is 99.3 Å². The molecule has 9 heteroatoms. The van der Waals surface area contributed by atoms with E-state index in [2.05, 4.69) is 21.3 Å². The zero-order valence-electron chi connectivity index (χ0n) is 16.1. The average Bonchev–Trinajstić information content (AvgIpc) is 2.69. The van der Waals surface area contributed by atoms with Gasteiger partial charge < -0.3 is 21.3 Å². The number of amides is 4. The third-order valence-electron chi connectivity index (χ3n) is 3.97. The van der Waals surface area contributed by atoms with Gasteiger partial charge in [-0.25, -0.2) is 4.79 Å². The van der Waals surface area contributed by atoms with E-state index >= 15 is 0 Å². The minimum Gasteiger partial charge on any atom is -0.350 e. The van der Waals surface area contributed by atoms with Crippen molar-refractivity contribution in [1.29, 1.82) is 0 Å². The summed E-state index contributed by atoms with van der Waals surface area (Å²) in [6.45, 7) is 4.07. The van der Waals surface area contributed by atoms with Crippen molar-refractivity contribution in [2.45, 2.75) is 20.3 Å². The zero-order chi connectivity index (χ0) is 21.4. The normalized spacial score (nSPS) is 10.2. The SMILES string of the molecule is CCC(=O)Nc1ccc(C)c(NC(=O)NCCNC(=O)c2ccc(Cl)c(Cl)c2)c1. The van der Waals surface area contributed by atoms with Crippen molar-refractivity contribution in [2.24, 2.45) is 0 Å². The van der Waals surface area contributed by atoms with Crippen LogP contribution in [-0.4, -0.2) is 30.9 Å². The van der Waals surface area contributed by atoms with E-state index in [4.69, 9.17) is 23.2 Å². The van der Waals surface area contributed by atoms with Gasteiger partial charge in [-0.05, 0) is 42.8 Å². The van der Waals surface area contributed by atoms with Crippen molar-refractivity contribution in [1.82, 2.24) is 10.6 Å². The molecule has 0 aliphatic heterocycles. The van der Waals surface area contributed by atoms with Crippen LogP contribution in [0.25, 0.3) is 0 Å². The van der Waals surface area contributed by atoms with Crippen LogP contribution in [0.4, 0.5) is 16.2 Å². The number of aryl methyl sites for hydroxylation is 1. The number of halogens is 2.